The van der Waals surface area contributed by atoms with Crippen LogP contribution in [0.3, 0.4) is 0 Å². The topological polar surface area (TPSA) is 40.6 Å². The van der Waals surface area contributed by atoms with Crippen LogP contribution in [0, 0.1) is 0 Å². The molecule has 0 aromatic carbocycles. The second kappa shape index (κ2) is 4.75. The molecule has 2 rings (SSSR count). The number of ketones is 1. The SMILES string of the molecule is CC[C@H]1CC2=C(C)C(=O)CC[C@@H]2N1C(=O)N(C)C. The van der Waals surface area contributed by atoms with Gasteiger partial charge in [-0.15, -0.1) is 0 Å². The van der Waals surface area contributed by atoms with E-state index in [0.717, 1.165) is 24.8 Å². The molecule has 1 heterocycles. The van der Waals surface area contributed by atoms with E-state index in [0.29, 0.717) is 6.42 Å². The number of carbonyl (C=O) groups excluding carboxylic acids is 2. The molecule has 1 fully saturated rings. The van der Waals surface area contributed by atoms with Gasteiger partial charge in [0.25, 0.3) is 0 Å². The Hall–Kier alpha value is -1.32. The van der Waals surface area contributed by atoms with Gasteiger partial charge >= 0.3 is 6.03 Å². The number of allylic oxidation sites excluding steroid dienone is 1. The average molecular weight is 250 g/mol. The maximum absolute atomic E-state index is 12.3. The number of amides is 2. The van der Waals surface area contributed by atoms with Gasteiger partial charge in [-0.05, 0) is 37.3 Å². The largest absolute Gasteiger partial charge is 0.331 e. The Morgan fingerprint density at radius 3 is 2.67 bits per heavy atom. The number of rotatable bonds is 1. The second-order valence-corrected chi connectivity index (χ2v) is 5.48. The van der Waals surface area contributed by atoms with Crippen molar-refractivity contribution < 1.29 is 9.59 Å². The van der Waals surface area contributed by atoms with Crippen LogP contribution in [0.4, 0.5) is 4.79 Å². The van der Waals surface area contributed by atoms with E-state index >= 15 is 0 Å². The predicted molar refractivity (Wildman–Crippen MR) is 70.3 cm³/mol. The van der Waals surface area contributed by atoms with E-state index in [-0.39, 0.29) is 23.9 Å². The Bertz CT molecular complexity index is 412. The lowest BCUT2D eigenvalue weighted by Gasteiger charge is -2.33. The van der Waals surface area contributed by atoms with Crippen LogP contribution in [0.15, 0.2) is 11.1 Å². The Morgan fingerprint density at radius 1 is 1.44 bits per heavy atom. The zero-order valence-electron chi connectivity index (χ0n) is 11.7. The fourth-order valence-electron chi connectivity index (χ4n) is 3.12. The molecule has 0 radical (unpaired) electrons. The fourth-order valence-corrected chi connectivity index (χ4v) is 3.12. The molecule has 2 atom stereocenters. The molecule has 0 aromatic rings. The van der Waals surface area contributed by atoms with Gasteiger partial charge in [0.05, 0.1) is 6.04 Å². The van der Waals surface area contributed by atoms with Crippen molar-refractivity contribution in [3.63, 3.8) is 0 Å². The Kier molecular flexibility index (Phi) is 3.46. The zero-order chi connectivity index (χ0) is 13.4. The van der Waals surface area contributed by atoms with E-state index in [4.69, 9.17) is 0 Å². The molecule has 100 valence electrons. The van der Waals surface area contributed by atoms with Crippen molar-refractivity contribution in [2.24, 2.45) is 0 Å². The van der Waals surface area contributed by atoms with Gasteiger partial charge in [0, 0.05) is 26.6 Å². The van der Waals surface area contributed by atoms with Crippen molar-refractivity contribution >= 4 is 11.8 Å². The molecular weight excluding hydrogens is 228 g/mol. The molecule has 1 saturated heterocycles. The van der Waals surface area contributed by atoms with Gasteiger partial charge in [-0.25, -0.2) is 4.79 Å². The molecule has 18 heavy (non-hydrogen) atoms. The highest BCUT2D eigenvalue weighted by Crippen LogP contribution is 2.39. The molecule has 1 aliphatic heterocycles. The highest BCUT2D eigenvalue weighted by atomic mass is 16.2. The van der Waals surface area contributed by atoms with Crippen LogP contribution in [0.1, 0.15) is 39.5 Å². The van der Waals surface area contributed by atoms with Gasteiger partial charge in [-0.2, -0.15) is 0 Å². The molecule has 2 aliphatic rings. The maximum atomic E-state index is 12.3. The van der Waals surface area contributed by atoms with E-state index < -0.39 is 0 Å². The molecule has 1 aliphatic carbocycles. The first-order valence-electron chi connectivity index (χ1n) is 6.69. The normalized spacial score (nSPS) is 27.6. The molecular formula is C14H22N2O2. The standard InChI is InChI=1S/C14H22N2O2/c1-5-10-8-11-9(2)13(17)7-6-12(11)16(10)14(18)15(3)4/h10,12H,5-8H2,1-4H3/t10-,12-/m0/s1. The van der Waals surface area contributed by atoms with Gasteiger partial charge < -0.3 is 9.80 Å². The molecule has 0 saturated carbocycles. The summed E-state index contributed by atoms with van der Waals surface area (Å²) in [5.74, 6) is 0.259. The maximum Gasteiger partial charge on any atom is 0.320 e. The monoisotopic (exact) mass is 250 g/mol. The molecule has 0 bridgehead atoms. The van der Waals surface area contributed by atoms with E-state index in [1.165, 1.54) is 5.57 Å². The number of fused-ring (bicyclic) bond motifs is 1. The smallest absolute Gasteiger partial charge is 0.320 e. The lowest BCUT2D eigenvalue weighted by Crippen LogP contribution is -2.47. The molecule has 0 spiro atoms. The van der Waals surface area contributed by atoms with Crippen LogP contribution in [0.25, 0.3) is 0 Å². The highest BCUT2D eigenvalue weighted by molar-refractivity contribution is 5.97. The second-order valence-electron chi connectivity index (χ2n) is 5.48. The highest BCUT2D eigenvalue weighted by Gasteiger charge is 2.43. The third-order valence-corrected chi connectivity index (χ3v) is 4.21. The van der Waals surface area contributed by atoms with E-state index in [1.807, 2.05) is 11.8 Å². The lowest BCUT2D eigenvalue weighted by molar-refractivity contribution is -0.116. The zero-order valence-corrected chi connectivity index (χ0v) is 11.7. The first-order chi connectivity index (χ1) is 8.47. The van der Waals surface area contributed by atoms with Gasteiger partial charge in [0.2, 0.25) is 0 Å². The van der Waals surface area contributed by atoms with Crippen molar-refractivity contribution in [1.29, 1.82) is 0 Å². The predicted octanol–water partition coefficient (Wildman–Crippen LogP) is 2.20. The van der Waals surface area contributed by atoms with Crippen molar-refractivity contribution in [2.75, 3.05) is 14.1 Å². The molecule has 0 aromatic heterocycles. The van der Waals surface area contributed by atoms with Gasteiger partial charge in [0.1, 0.15) is 0 Å². The van der Waals surface area contributed by atoms with Crippen LogP contribution in [0.2, 0.25) is 0 Å². The number of carbonyl (C=O) groups is 2. The average Bonchev–Trinajstić information content (AvgIpc) is 2.71. The summed E-state index contributed by atoms with van der Waals surface area (Å²) in [6.07, 6.45) is 3.19. The summed E-state index contributed by atoms with van der Waals surface area (Å²) in [6, 6.07) is 0.479. The van der Waals surface area contributed by atoms with Gasteiger partial charge in [-0.1, -0.05) is 6.92 Å². The van der Waals surface area contributed by atoms with Crippen LogP contribution in [0.5, 0.6) is 0 Å². The Morgan fingerprint density at radius 2 is 2.11 bits per heavy atom. The van der Waals surface area contributed by atoms with Crippen molar-refractivity contribution in [3.8, 4) is 0 Å². The minimum atomic E-state index is 0.0731. The molecule has 4 nitrogen and oxygen atoms in total. The Labute approximate surface area is 109 Å². The molecule has 0 unspecified atom stereocenters. The summed E-state index contributed by atoms with van der Waals surface area (Å²) in [5.41, 5.74) is 2.10. The van der Waals surface area contributed by atoms with Crippen LogP contribution < -0.4 is 0 Å². The molecule has 0 N–H and O–H groups in total. The molecule has 2 amide bonds. The Balaban J connectivity index is 2.36. The third kappa shape index (κ3) is 1.93. The number of nitrogens with zero attached hydrogens (tertiary/aromatic N) is 2. The minimum Gasteiger partial charge on any atom is -0.331 e. The summed E-state index contributed by atoms with van der Waals surface area (Å²) >= 11 is 0. The fraction of sp³-hybridized carbons (Fsp3) is 0.714. The summed E-state index contributed by atoms with van der Waals surface area (Å²) < 4.78 is 0. The summed E-state index contributed by atoms with van der Waals surface area (Å²) in [5, 5.41) is 0. The van der Waals surface area contributed by atoms with Gasteiger partial charge in [0.15, 0.2) is 5.78 Å². The number of Topliss-reactive ketones (excluding diaryl/α,β-unsaturated/α-hetero) is 1. The molecule has 4 heteroatoms. The van der Waals surface area contributed by atoms with Crippen molar-refractivity contribution in [1.82, 2.24) is 9.80 Å². The van der Waals surface area contributed by atoms with Crippen molar-refractivity contribution in [3.05, 3.63) is 11.1 Å². The number of hydrogen-bond donors (Lipinski definition) is 0. The van der Waals surface area contributed by atoms with E-state index in [2.05, 4.69) is 6.92 Å². The van der Waals surface area contributed by atoms with E-state index in [9.17, 15) is 9.59 Å². The summed E-state index contributed by atoms with van der Waals surface area (Å²) in [6.45, 7) is 4.02. The third-order valence-electron chi connectivity index (χ3n) is 4.21. The number of likely N-dealkylation sites (tertiary alicyclic amines) is 1. The van der Waals surface area contributed by atoms with Crippen LogP contribution in [-0.2, 0) is 4.79 Å². The number of hydrogen-bond acceptors (Lipinski definition) is 2. The lowest BCUT2D eigenvalue weighted by atomic mass is 9.87. The van der Waals surface area contributed by atoms with Crippen LogP contribution in [-0.4, -0.2) is 47.8 Å². The van der Waals surface area contributed by atoms with E-state index in [1.54, 1.807) is 19.0 Å². The number of urea groups is 1. The minimum absolute atomic E-state index is 0.0731. The van der Waals surface area contributed by atoms with Crippen molar-refractivity contribution in [2.45, 2.75) is 51.6 Å². The van der Waals surface area contributed by atoms with Crippen LogP contribution >= 0.6 is 0 Å². The quantitative estimate of drug-likeness (QED) is 0.716. The summed E-state index contributed by atoms with van der Waals surface area (Å²) in [4.78, 5) is 27.7. The van der Waals surface area contributed by atoms with Gasteiger partial charge in [-0.3, -0.25) is 4.79 Å². The summed E-state index contributed by atoms with van der Waals surface area (Å²) in [7, 11) is 3.58. The first kappa shape index (κ1) is 13.1. The first-order valence-corrected chi connectivity index (χ1v) is 6.69.